The normalized spacial score (nSPS) is 15.4. The van der Waals surface area contributed by atoms with Crippen LogP contribution in [0.25, 0.3) is 11.3 Å². The zero-order valence-electron chi connectivity index (χ0n) is 10.4. The van der Waals surface area contributed by atoms with E-state index in [4.69, 9.17) is 5.73 Å². The van der Waals surface area contributed by atoms with Crippen molar-refractivity contribution in [2.45, 2.75) is 0 Å². The molecule has 1 aliphatic heterocycles. The van der Waals surface area contributed by atoms with Crippen molar-refractivity contribution < 1.29 is 4.79 Å². The van der Waals surface area contributed by atoms with Crippen molar-refractivity contribution in [3.63, 3.8) is 0 Å². The summed E-state index contributed by atoms with van der Waals surface area (Å²) in [6, 6.07) is 9.79. The molecular formula is C13H15N5O. The van der Waals surface area contributed by atoms with Gasteiger partial charge in [-0.15, -0.1) is 0 Å². The Kier molecular flexibility index (Phi) is 2.83. The molecule has 3 rings (SSSR count). The topological polar surface area (TPSA) is 87.0 Å². The minimum absolute atomic E-state index is 0.0664. The Bertz CT molecular complexity index is 589. The van der Waals surface area contributed by atoms with E-state index in [-0.39, 0.29) is 5.91 Å². The molecule has 6 heteroatoms. The van der Waals surface area contributed by atoms with Crippen LogP contribution >= 0.6 is 0 Å². The van der Waals surface area contributed by atoms with Gasteiger partial charge < -0.3 is 16.0 Å². The second-order valence-corrected chi connectivity index (χ2v) is 4.52. The first kappa shape index (κ1) is 11.6. The number of piperazine rings is 1. The smallest absolute Gasteiger partial charge is 0.239 e. The van der Waals surface area contributed by atoms with Crippen molar-refractivity contribution >= 4 is 17.4 Å². The fourth-order valence-corrected chi connectivity index (χ4v) is 2.20. The second kappa shape index (κ2) is 4.64. The number of hydrogen-bond acceptors (Lipinski definition) is 4. The molecule has 0 aliphatic carbocycles. The average molecular weight is 257 g/mol. The number of aromatic nitrogens is 2. The number of nitrogens with zero attached hydrogens (tertiary/aromatic N) is 2. The summed E-state index contributed by atoms with van der Waals surface area (Å²) >= 11 is 0. The molecule has 98 valence electrons. The van der Waals surface area contributed by atoms with Gasteiger partial charge >= 0.3 is 0 Å². The quantitative estimate of drug-likeness (QED) is 0.735. The van der Waals surface area contributed by atoms with E-state index < -0.39 is 0 Å². The summed E-state index contributed by atoms with van der Waals surface area (Å²) in [7, 11) is 0. The number of carbonyl (C=O) groups is 1. The van der Waals surface area contributed by atoms with Crippen LogP contribution in [-0.4, -0.2) is 35.7 Å². The van der Waals surface area contributed by atoms with E-state index >= 15 is 0 Å². The summed E-state index contributed by atoms with van der Waals surface area (Å²) in [5.74, 6) is 0.545. The number of amides is 1. The van der Waals surface area contributed by atoms with Gasteiger partial charge in [0.2, 0.25) is 5.91 Å². The van der Waals surface area contributed by atoms with Crippen LogP contribution < -0.4 is 16.0 Å². The van der Waals surface area contributed by atoms with Gasteiger partial charge in [-0.1, -0.05) is 12.1 Å². The number of nitrogen functional groups attached to an aromatic ring is 1. The van der Waals surface area contributed by atoms with Crippen LogP contribution in [0.3, 0.4) is 0 Å². The van der Waals surface area contributed by atoms with Crippen LogP contribution in [0.1, 0.15) is 0 Å². The Morgan fingerprint density at radius 1 is 1.26 bits per heavy atom. The van der Waals surface area contributed by atoms with Crippen molar-refractivity contribution in [3.8, 4) is 11.3 Å². The molecule has 1 aliphatic rings. The molecule has 0 bridgehead atoms. The molecule has 1 amide bonds. The number of benzene rings is 1. The third-order valence-corrected chi connectivity index (χ3v) is 3.18. The van der Waals surface area contributed by atoms with Crippen molar-refractivity contribution in [2.75, 3.05) is 30.3 Å². The highest BCUT2D eigenvalue weighted by Gasteiger charge is 2.16. The Hall–Kier alpha value is -2.50. The van der Waals surface area contributed by atoms with Gasteiger partial charge in [-0.25, -0.2) is 0 Å². The third kappa shape index (κ3) is 2.37. The number of nitrogens with one attached hydrogen (secondary N) is 2. The van der Waals surface area contributed by atoms with Crippen LogP contribution in [0.2, 0.25) is 0 Å². The maximum Gasteiger partial charge on any atom is 0.239 e. The molecule has 1 saturated heterocycles. The lowest BCUT2D eigenvalue weighted by Crippen LogP contribution is -2.47. The zero-order chi connectivity index (χ0) is 13.2. The molecule has 1 fully saturated rings. The molecule has 19 heavy (non-hydrogen) atoms. The number of H-pyrrole nitrogens is 1. The number of anilines is 2. The summed E-state index contributed by atoms with van der Waals surface area (Å²) < 4.78 is 0. The van der Waals surface area contributed by atoms with E-state index in [1.165, 1.54) is 0 Å². The minimum Gasteiger partial charge on any atom is -0.382 e. The molecule has 0 spiro atoms. The Balaban J connectivity index is 1.80. The molecule has 0 atom stereocenters. The first-order chi connectivity index (χ1) is 9.22. The lowest BCUT2D eigenvalue weighted by atomic mass is 10.1. The van der Waals surface area contributed by atoms with Crippen molar-refractivity contribution in [2.24, 2.45) is 0 Å². The van der Waals surface area contributed by atoms with Crippen molar-refractivity contribution in [1.29, 1.82) is 0 Å². The lowest BCUT2D eigenvalue weighted by molar-refractivity contribution is -0.120. The highest BCUT2D eigenvalue weighted by Crippen LogP contribution is 2.22. The molecule has 1 aromatic heterocycles. The lowest BCUT2D eigenvalue weighted by Gasteiger charge is -2.28. The van der Waals surface area contributed by atoms with Crippen LogP contribution in [0, 0.1) is 0 Å². The predicted molar refractivity (Wildman–Crippen MR) is 73.7 cm³/mol. The number of nitrogens with two attached hydrogens (primary N) is 1. The monoisotopic (exact) mass is 257 g/mol. The zero-order valence-corrected chi connectivity index (χ0v) is 10.4. The van der Waals surface area contributed by atoms with Gasteiger partial charge in [0.25, 0.3) is 0 Å². The van der Waals surface area contributed by atoms with Crippen LogP contribution in [0.5, 0.6) is 0 Å². The number of carbonyl (C=O) groups excluding carboxylic acids is 1. The highest BCUT2D eigenvalue weighted by atomic mass is 16.2. The molecular weight excluding hydrogens is 242 g/mol. The van der Waals surface area contributed by atoms with Gasteiger partial charge in [0.1, 0.15) is 5.82 Å². The molecule has 0 unspecified atom stereocenters. The van der Waals surface area contributed by atoms with Crippen molar-refractivity contribution in [1.82, 2.24) is 15.5 Å². The van der Waals surface area contributed by atoms with E-state index in [0.29, 0.717) is 18.9 Å². The van der Waals surface area contributed by atoms with E-state index in [2.05, 4.69) is 20.4 Å². The molecule has 2 aromatic rings. The largest absolute Gasteiger partial charge is 0.382 e. The van der Waals surface area contributed by atoms with Crippen LogP contribution in [0.4, 0.5) is 11.5 Å². The van der Waals surface area contributed by atoms with E-state index in [1.54, 1.807) is 6.07 Å². The number of rotatable bonds is 2. The highest BCUT2D eigenvalue weighted by molar-refractivity contribution is 5.82. The van der Waals surface area contributed by atoms with E-state index in [9.17, 15) is 4.79 Å². The summed E-state index contributed by atoms with van der Waals surface area (Å²) in [5.41, 5.74) is 8.54. The molecule has 1 aromatic carbocycles. The Labute approximate surface area is 110 Å². The third-order valence-electron chi connectivity index (χ3n) is 3.18. The van der Waals surface area contributed by atoms with Gasteiger partial charge in [-0.05, 0) is 17.7 Å². The summed E-state index contributed by atoms with van der Waals surface area (Å²) in [6.45, 7) is 1.94. The minimum atomic E-state index is 0.0664. The number of aromatic amines is 1. The molecule has 0 saturated carbocycles. The van der Waals surface area contributed by atoms with Gasteiger partial charge in [-0.2, -0.15) is 5.10 Å². The van der Waals surface area contributed by atoms with Crippen molar-refractivity contribution in [3.05, 3.63) is 30.3 Å². The van der Waals surface area contributed by atoms with Gasteiger partial charge in [-0.3, -0.25) is 9.89 Å². The first-order valence-corrected chi connectivity index (χ1v) is 6.15. The second-order valence-electron chi connectivity index (χ2n) is 4.52. The van der Waals surface area contributed by atoms with Gasteiger partial charge in [0.05, 0.1) is 12.2 Å². The van der Waals surface area contributed by atoms with Crippen LogP contribution in [-0.2, 0) is 4.79 Å². The SMILES string of the molecule is Nc1cc(-c2ccc(N3CCNC(=O)C3)cc2)[nH]n1. The average Bonchev–Trinajstić information content (AvgIpc) is 2.86. The summed E-state index contributed by atoms with van der Waals surface area (Å²) in [6.07, 6.45) is 0. The fraction of sp³-hybridized carbons (Fsp3) is 0.231. The molecule has 6 nitrogen and oxygen atoms in total. The Morgan fingerprint density at radius 3 is 2.68 bits per heavy atom. The van der Waals surface area contributed by atoms with Crippen LogP contribution in [0.15, 0.2) is 30.3 Å². The maximum atomic E-state index is 11.4. The van der Waals surface area contributed by atoms with Gasteiger partial charge in [0.15, 0.2) is 0 Å². The molecule has 2 heterocycles. The maximum absolute atomic E-state index is 11.4. The standard InChI is InChI=1S/C13H15N5O/c14-12-7-11(16-17-12)9-1-3-10(4-2-9)18-6-5-15-13(19)8-18/h1-4,7H,5-6,8H2,(H,15,19)(H3,14,16,17). The van der Waals surface area contributed by atoms with E-state index in [0.717, 1.165) is 23.5 Å². The predicted octanol–water partition coefficient (Wildman–Crippen LogP) is 0.595. The fourth-order valence-electron chi connectivity index (χ4n) is 2.20. The summed E-state index contributed by atoms with van der Waals surface area (Å²) in [5, 5.41) is 9.59. The van der Waals surface area contributed by atoms with Gasteiger partial charge in [0, 0.05) is 24.8 Å². The molecule has 4 N–H and O–H groups in total. The van der Waals surface area contributed by atoms with E-state index in [1.807, 2.05) is 24.3 Å². The first-order valence-electron chi connectivity index (χ1n) is 6.15. The number of hydrogen-bond donors (Lipinski definition) is 3. The molecule has 0 radical (unpaired) electrons. The summed E-state index contributed by atoms with van der Waals surface area (Å²) in [4.78, 5) is 13.4. The Morgan fingerprint density at radius 2 is 2.05 bits per heavy atom.